The average molecular weight is 235 g/mol. The molecule has 0 bridgehead atoms. The predicted octanol–water partition coefficient (Wildman–Crippen LogP) is 3.35. The number of ether oxygens (including phenoxy) is 1. The lowest BCUT2D eigenvalue weighted by atomic mass is 9.91. The molecule has 0 aliphatic carbocycles. The van der Waals surface area contributed by atoms with Crippen LogP contribution in [0.1, 0.15) is 33.3 Å². The highest BCUT2D eigenvalue weighted by Gasteiger charge is 2.24. The molecule has 1 amide bonds. The van der Waals surface area contributed by atoms with E-state index in [1.54, 1.807) is 0 Å². The summed E-state index contributed by atoms with van der Waals surface area (Å²) in [5.74, 6) is 0.353. The molecule has 0 fully saturated rings. The summed E-state index contributed by atoms with van der Waals surface area (Å²) >= 11 is 0. The molecule has 0 saturated heterocycles. The first-order valence-corrected chi connectivity index (χ1v) is 5.90. The van der Waals surface area contributed by atoms with Crippen molar-refractivity contribution in [2.24, 2.45) is 5.92 Å². The lowest BCUT2D eigenvalue weighted by Crippen LogP contribution is -2.47. The Morgan fingerprint density at radius 3 is 2.41 bits per heavy atom. The number of nitrogens with one attached hydrogen (secondary N) is 1. The van der Waals surface area contributed by atoms with Crippen molar-refractivity contribution >= 4 is 6.09 Å². The zero-order valence-electron chi connectivity index (χ0n) is 11.0. The molecule has 3 heteroatoms. The molecule has 1 rings (SSSR count). The maximum atomic E-state index is 11.6. The van der Waals surface area contributed by atoms with Gasteiger partial charge in [-0.3, -0.25) is 0 Å². The quantitative estimate of drug-likeness (QED) is 0.869. The first-order valence-electron chi connectivity index (χ1n) is 5.90. The summed E-state index contributed by atoms with van der Waals surface area (Å²) in [6.07, 6.45) is -0.368. The van der Waals surface area contributed by atoms with E-state index in [9.17, 15) is 4.79 Å². The number of carbonyl (C=O) groups is 1. The summed E-state index contributed by atoms with van der Waals surface area (Å²) in [6, 6.07) is 9.65. The normalized spacial score (nSPS) is 11.4. The lowest BCUT2D eigenvalue weighted by molar-refractivity contribution is 0.123. The van der Waals surface area contributed by atoms with E-state index < -0.39 is 0 Å². The van der Waals surface area contributed by atoms with Gasteiger partial charge in [0.1, 0.15) is 6.61 Å². The Hall–Kier alpha value is -1.51. The summed E-state index contributed by atoms with van der Waals surface area (Å²) < 4.78 is 5.16. The number of amides is 1. The van der Waals surface area contributed by atoms with E-state index >= 15 is 0 Å². The summed E-state index contributed by atoms with van der Waals surface area (Å²) in [4.78, 5) is 11.6. The zero-order valence-corrected chi connectivity index (χ0v) is 11.0. The van der Waals surface area contributed by atoms with Gasteiger partial charge in [-0.2, -0.15) is 0 Å². The van der Waals surface area contributed by atoms with Crippen molar-refractivity contribution in [2.75, 3.05) is 0 Å². The smallest absolute Gasteiger partial charge is 0.407 e. The molecule has 17 heavy (non-hydrogen) atoms. The van der Waals surface area contributed by atoms with Gasteiger partial charge < -0.3 is 10.1 Å². The Kier molecular flexibility index (Phi) is 4.55. The standard InChI is InChI=1S/C14H21NO2/c1-11(2)14(3,4)15-13(16)17-10-12-8-6-5-7-9-12/h5-9,11H,10H2,1-4H3,(H,15,16). The molecule has 0 aliphatic heterocycles. The second kappa shape index (κ2) is 5.71. The molecule has 0 saturated carbocycles. The van der Waals surface area contributed by atoms with Crippen molar-refractivity contribution in [3.05, 3.63) is 35.9 Å². The van der Waals surface area contributed by atoms with Crippen LogP contribution >= 0.6 is 0 Å². The van der Waals surface area contributed by atoms with Crippen molar-refractivity contribution in [3.8, 4) is 0 Å². The van der Waals surface area contributed by atoms with E-state index in [0.29, 0.717) is 12.5 Å². The van der Waals surface area contributed by atoms with E-state index in [1.165, 1.54) is 0 Å². The van der Waals surface area contributed by atoms with Gasteiger partial charge in [-0.25, -0.2) is 4.79 Å². The van der Waals surface area contributed by atoms with Gasteiger partial charge in [0.15, 0.2) is 0 Å². The number of benzene rings is 1. The Morgan fingerprint density at radius 2 is 1.88 bits per heavy atom. The minimum atomic E-state index is -0.368. The first-order chi connectivity index (χ1) is 7.92. The molecular weight excluding hydrogens is 214 g/mol. The highest BCUT2D eigenvalue weighted by molar-refractivity contribution is 5.68. The van der Waals surface area contributed by atoms with Gasteiger partial charge in [0.2, 0.25) is 0 Å². The van der Waals surface area contributed by atoms with Crippen LogP contribution in [0.25, 0.3) is 0 Å². The topological polar surface area (TPSA) is 38.3 Å². The number of hydrogen-bond donors (Lipinski definition) is 1. The average Bonchev–Trinajstić information content (AvgIpc) is 2.27. The van der Waals surface area contributed by atoms with Crippen LogP contribution in [0.4, 0.5) is 4.79 Å². The van der Waals surface area contributed by atoms with Gasteiger partial charge in [0.25, 0.3) is 0 Å². The Labute approximate surface area is 103 Å². The molecule has 0 unspecified atom stereocenters. The minimum absolute atomic E-state index is 0.256. The van der Waals surface area contributed by atoms with Gasteiger partial charge in [-0.15, -0.1) is 0 Å². The number of hydrogen-bond acceptors (Lipinski definition) is 2. The SMILES string of the molecule is CC(C)C(C)(C)NC(=O)OCc1ccccc1. The third-order valence-corrected chi connectivity index (χ3v) is 3.08. The van der Waals surface area contributed by atoms with E-state index in [2.05, 4.69) is 19.2 Å². The third-order valence-electron chi connectivity index (χ3n) is 3.08. The second-order valence-corrected chi connectivity index (χ2v) is 5.06. The molecule has 0 aliphatic rings. The van der Waals surface area contributed by atoms with Gasteiger partial charge in [-0.05, 0) is 25.3 Å². The molecule has 0 spiro atoms. The van der Waals surface area contributed by atoms with Crippen molar-refractivity contribution < 1.29 is 9.53 Å². The summed E-state index contributed by atoms with van der Waals surface area (Å²) in [5, 5.41) is 2.86. The monoisotopic (exact) mass is 235 g/mol. The molecule has 1 N–H and O–H groups in total. The van der Waals surface area contributed by atoms with Crippen LogP contribution in [0.5, 0.6) is 0 Å². The number of alkyl carbamates (subject to hydrolysis) is 1. The molecule has 1 aromatic rings. The van der Waals surface area contributed by atoms with Gasteiger partial charge in [-0.1, -0.05) is 44.2 Å². The molecule has 0 radical (unpaired) electrons. The maximum Gasteiger partial charge on any atom is 0.407 e. The molecular formula is C14H21NO2. The molecule has 0 heterocycles. The first kappa shape index (κ1) is 13.6. The lowest BCUT2D eigenvalue weighted by Gasteiger charge is -2.29. The van der Waals surface area contributed by atoms with Crippen molar-refractivity contribution in [3.63, 3.8) is 0 Å². The van der Waals surface area contributed by atoms with E-state index in [1.807, 2.05) is 44.2 Å². The second-order valence-electron chi connectivity index (χ2n) is 5.06. The minimum Gasteiger partial charge on any atom is -0.445 e. The van der Waals surface area contributed by atoms with Crippen LogP contribution in [-0.4, -0.2) is 11.6 Å². The molecule has 0 aromatic heterocycles. The molecule has 1 aromatic carbocycles. The van der Waals surface area contributed by atoms with Crippen LogP contribution in [0.3, 0.4) is 0 Å². The van der Waals surface area contributed by atoms with E-state index in [-0.39, 0.29) is 11.6 Å². The fourth-order valence-electron chi connectivity index (χ4n) is 1.17. The Bertz CT molecular complexity index is 358. The fraction of sp³-hybridized carbons (Fsp3) is 0.500. The largest absolute Gasteiger partial charge is 0.445 e. The highest BCUT2D eigenvalue weighted by atomic mass is 16.5. The fourth-order valence-corrected chi connectivity index (χ4v) is 1.17. The number of rotatable bonds is 4. The van der Waals surface area contributed by atoms with Crippen LogP contribution in [0, 0.1) is 5.92 Å². The molecule has 3 nitrogen and oxygen atoms in total. The predicted molar refractivity (Wildman–Crippen MR) is 68.7 cm³/mol. The number of carbonyl (C=O) groups excluding carboxylic acids is 1. The van der Waals surface area contributed by atoms with E-state index in [0.717, 1.165) is 5.56 Å². The summed E-state index contributed by atoms with van der Waals surface area (Å²) in [6.45, 7) is 8.42. The van der Waals surface area contributed by atoms with Crippen molar-refractivity contribution in [2.45, 2.75) is 39.8 Å². The van der Waals surface area contributed by atoms with Crippen LogP contribution in [0.15, 0.2) is 30.3 Å². The summed E-state index contributed by atoms with van der Waals surface area (Å²) in [5.41, 5.74) is 0.735. The Balaban J connectivity index is 2.41. The highest BCUT2D eigenvalue weighted by Crippen LogP contribution is 2.15. The van der Waals surface area contributed by atoms with Crippen LogP contribution in [0.2, 0.25) is 0 Å². The summed E-state index contributed by atoms with van der Waals surface area (Å²) in [7, 11) is 0. The van der Waals surface area contributed by atoms with Gasteiger partial charge in [0, 0.05) is 5.54 Å². The van der Waals surface area contributed by atoms with Gasteiger partial charge in [0.05, 0.1) is 0 Å². The van der Waals surface area contributed by atoms with Crippen molar-refractivity contribution in [1.29, 1.82) is 0 Å². The van der Waals surface area contributed by atoms with Crippen molar-refractivity contribution in [1.82, 2.24) is 5.32 Å². The van der Waals surface area contributed by atoms with E-state index in [4.69, 9.17) is 4.74 Å². The molecule has 94 valence electrons. The third kappa shape index (κ3) is 4.47. The van der Waals surface area contributed by atoms with Crippen LogP contribution < -0.4 is 5.32 Å². The molecule has 0 atom stereocenters. The van der Waals surface area contributed by atoms with Crippen LogP contribution in [-0.2, 0) is 11.3 Å². The van der Waals surface area contributed by atoms with Gasteiger partial charge >= 0.3 is 6.09 Å². The maximum absolute atomic E-state index is 11.6. The Morgan fingerprint density at radius 1 is 1.29 bits per heavy atom. The zero-order chi connectivity index (χ0) is 12.9.